The zero-order valence-electron chi connectivity index (χ0n) is 8.75. The van der Waals surface area contributed by atoms with E-state index in [4.69, 9.17) is 5.73 Å². The van der Waals surface area contributed by atoms with Crippen molar-refractivity contribution in [3.8, 4) is 0 Å². The number of benzene rings is 1. The highest BCUT2D eigenvalue weighted by atomic mass is 15.0. The molecule has 0 saturated carbocycles. The molecule has 0 fully saturated rings. The van der Waals surface area contributed by atoms with Crippen LogP contribution in [-0.4, -0.2) is 4.57 Å². The second-order valence-corrected chi connectivity index (χ2v) is 3.63. The van der Waals surface area contributed by atoms with Crippen molar-refractivity contribution in [1.29, 1.82) is 0 Å². The summed E-state index contributed by atoms with van der Waals surface area (Å²) in [6.45, 7) is 5.96. The van der Waals surface area contributed by atoms with E-state index in [1.54, 1.807) is 0 Å². The minimum atomic E-state index is 0.617. The number of hydrogen-bond donors (Lipinski definition) is 1. The van der Waals surface area contributed by atoms with E-state index in [0.29, 0.717) is 6.54 Å². The minimum absolute atomic E-state index is 0.617. The Morgan fingerprint density at radius 2 is 2.07 bits per heavy atom. The highest BCUT2D eigenvalue weighted by Gasteiger charge is 2.03. The first kappa shape index (κ1) is 9.28. The van der Waals surface area contributed by atoms with Crippen LogP contribution < -0.4 is 5.73 Å². The van der Waals surface area contributed by atoms with E-state index in [-0.39, 0.29) is 0 Å². The summed E-state index contributed by atoms with van der Waals surface area (Å²) >= 11 is 0. The van der Waals surface area contributed by atoms with Crippen LogP contribution in [0.3, 0.4) is 0 Å². The molecule has 1 aromatic heterocycles. The molecule has 1 heterocycles. The molecule has 0 spiro atoms. The molecule has 0 atom stereocenters. The highest BCUT2D eigenvalue weighted by Crippen LogP contribution is 2.20. The maximum atomic E-state index is 5.61. The molecule has 0 saturated heterocycles. The molecule has 0 amide bonds. The van der Waals surface area contributed by atoms with Gasteiger partial charge in [-0.25, -0.2) is 0 Å². The molecule has 2 aromatic rings. The van der Waals surface area contributed by atoms with E-state index < -0.39 is 0 Å². The molecule has 0 aliphatic heterocycles. The second-order valence-electron chi connectivity index (χ2n) is 3.63. The van der Waals surface area contributed by atoms with Crippen LogP contribution in [0.5, 0.6) is 0 Å². The van der Waals surface area contributed by atoms with Gasteiger partial charge in [-0.1, -0.05) is 6.07 Å². The lowest BCUT2D eigenvalue weighted by Crippen LogP contribution is -1.97. The molecular formula is C12H16N2. The van der Waals surface area contributed by atoms with Crippen LogP contribution in [-0.2, 0) is 13.1 Å². The molecular weight excluding hydrogens is 172 g/mol. The number of nitrogens with zero attached hydrogens (tertiary/aromatic N) is 1. The fourth-order valence-corrected chi connectivity index (χ4v) is 2.01. The molecule has 0 aliphatic rings. The Bertz CT molecular complexity index is 455. The third-order valence-corrected chi connectivity index (χ3v) is 2.72. The summed E-state index contributed by atoms with van der Waals surface area (Å²) < 4.78 is 2.32. The predicted octanol–water partition coefficient (Wildman–Crippen LogP) is 2.43. The number of fused-ring (bicyclic) bond motifs is 1. The summed E-state index contributed by atoms with van der Waals surface area (Å²) in [5, 5.41) is 1.30. The van der Waals surface area contributed by atoms with Gasteiger partial charge in [-0.05, 0) is 37.6 Å². The van der Waals surface area contributed by atoms with Crippen molar-refractivity contribution in [2.75, 3.05) is 0 Å². The van der Waals surface area contributed by atoms with Gasteiger partial charge < -0.3 is 10.3 Å². The van der Waals surface area contributed by atoms with E-state index in [0.717, 1.165) is 6.54 Å². The number of nitrogens with two attached hydrogens (primary N) is 1. The first-order valence-electron chi connectivity index (χ1n) is 5.05. The van der Waals surface area contributed by atoms with Crippen LogP contribution in [0, 0.1) is 6.92 Å². The summed E-state index contributed by atoms with van der Waals surface area (Å²) in [5.41, 5.74) is 9.44. The number of aryl methyl sites for hydroxylation is 2. The largest absolute Gasteiger partial charge is 0.345 e. The van der Waals surface area contributed by atoms with E-state index in [1.807, 2.05) is 0 Å². The van der Waals surface area contributed by atoms with Gasteiger partial charge in [0.05, 0.1) is 0 Å². The first-order chi connectivity index (χ1) is 6.76. The molecule has 2 rings (SSSR count). The smallest absolute Gasteiger partial charge is 0.0482 e. The number of aromatic nitrogens is 1. The summed E-state index contributed by atoms with van der Waals surface area (Å²) in [6.07, 6.45) is 0. The van der Waals surface area contributed by atoms with Gasteiger partial charge in [0.2, 0.25) is 0 Å². The summed E-state index contributed by atoms with van der Waals surface area (Å²) in [5.74, 6) is 0. The van der Waals surface area contributed by atoms with Crippen molar-refractivity contribution in [1.82, 2.24) is 4.57 Å². The fourth-order valence-electron chi connectivity index (χ4n) is 2.01. The van der Waals surface area contributed by atoms with Crippen molar-refractivity contribution >= 4 is 10.9 Å². The quantitative estimate of drug-likeness (QED) is 0.771. The standard InChI is InChI=1S/C12H16N2/c1-3-14-9(2)6-11-7-10(8-13)4-5-12(11)14/h4-7H,3,8,13H2,1-2H3. The van der Waals surface area contributed by atoms with Crippen LogP contribution in [0.1, 0.15) is 18.2 Å². The van der Waals surface area contributed by atoms with Gasteiger partial charge in [0.25, 0.3) is 0 Å². The van der Waals surface area contributed by atoms with Crippen LogP contribution >= 0.6 is 0 Å². The van der Waals surface area contributed by atoms with Crippen molar-refractivity contribution in [3.63, 3.8) is 0 Å². The highest BCUT2D eigenvalue weighted by molar-refractivity contribution is 5.82. The van der Waals surface area contributed by atoms with Gasteiger partial charge in [-0.15, -0.1) is 0 Å². The normalized spacial score (nSPS) is 11.1. The maximum absolute atomic E-state index is 5.61. The molecule has 0 bridgehead atoms. The van der Waals surface area contributed by atoms with Crippen molar-refractivity contribution in [2.24, 2.45) is 5.73 Å². The Hall–Kier alpha value is -1.28. The third kappa shape index (κ3) is 1.32. The molecule has 0 radical (unpaired) electrons. The first-order valence-corrected chi connectivity index (χ1v) is 5.05. The molecule has 2 nitrogen and oxygen atoms in total. The van der Waals surface area contributed by atoms with Crippen LogP contribution in [0.25, 0.3) is 10.9 Å². The second kappa shape index (κ2) is 3.46. The molecule has 0 aliphatic carbocycles. The van der Waals surface area contributed by atoms with Crippen molar-refractivity contribution < 1.29 is 0 Å². The van der Waals surface area contributed by atoms with Crippen LogP contribution in [0.15, 0.2) is 24.3 Å². The Morgan fingerprint density at radius 3 is 2.71 bits per heavy atom. The van der Waals surface area contributed by atoms with Crippen molar-refractivity contribution in [3.05, 3.63) is 35.5 Å². The lowest BCUT2D eigenvalue weighted by Gasteiger charge is -2.03. The maximum Gasteiger partial charge on any atom is 0.0482 e. The van der Waals surface area contributed by atoms with Gasteiger partial charge in [-0.2, -0.15) is 0 Å². The molecule has 2 heteroatoms. The lowest BCUT2D eigenvalue weighted by atomic mass is 10.1. The summed E-state index contributed by atoms with van der Waals surface area (Å²) in [7, 11) is 0. The fraction of sp³-hybridized carbons (Fsp3) is 0.333. The molecule has 14 heavy (non-hydrogen) atoms. The zero-order chi connectivity index (χ0) is 10.1. The van der Waals surface area contributed by atoms with Gasteiger partial charge in [0, 0.05) is 29.7 Å². The SMILES string of the molecule is CCn1c(C)cc2cc(CN)ccc21. The molecule has 0 unspecified atom stereocenters. The van der Waals surface area contributed by atoms with Gasteiger partial charge in [0.15, 0.2) is 0 Å². The Kier molecular flexibility index (Phi) is 2.30. The Labute approximate surface area is 84.3 Å². The molecule has 2 N–H and O–H groups in total. The van der Waals surface area contributed by atoms with E-state index >= 15 is 0 Å². The van der Waals surface area contributed by atoms with Crippen LogP contribution in [0.2, 0.25) is 0 Å². The predicted molar refractivity (Wildman–Crippen MR) is 60.2 cm³/mol. The molecule has 1 aromatic carbocycles. The van der Waals surface area contributed by atoms with E-state index in [9.17, 15) is 0 Å². The average molecular weight is 188 g/mol. The third-order valence-electron chi connectivity index (χ3n) is 2.72. The monoisotopic (exact) mass is 188 g/mol. The number of rotatable bonds is 2. The Balaban J connectivity index is 2.68. The van der Waals surface area contributed by atoms with Gasteiger partial charge in [-0.3, -0.25) is 0 Å². The number of hydrogen-bond acceptors (Lipinski definition) is 1. The minimum Gasteiger partial charge on any atom is -0.345 e. The lowest BCUT2D eigenvalue weighted by molar-refractivity contribution is 0.769. The molecule has 74 valence electrons. The van der Waals surface area contributed by atoms with E-state index in [1.165, 1.54) is 22.2 Å². The van der Waals surface area contributed by atoms with Gasteiger partial charge in [0.1, 0.15) is 0 Å². The summed E-state index contributed by atoms with van der Waals surface area (Å²) in [6, 6.07) is 8.66. The van der Waals surface area contributed by atoms with Crippen LogP contribution in [0.4, 0.5) is 0 Å². The topological polar surface area (TPSA) is 30.9 Å². The van der Waals surface area contributed by atoms with Crippen molar-refractivity contribution in [2.45, 2.75) is 26.9 Å². The zero-order valence-corrected chi connectivity index (χ0v) is 8.75. The van der Waals surface area contributed by atoms with Gasteiger partial charge >= 0.3 is 0 Å². The van der Waals surface area contributed by atoms with E-state index in [2.05, 4.69) is 42.7 Å². The average Bonchev–Trinajstić information content (AvgIpc) is 2.51. The Morgan fingerprint density at radius 1 is 1.29 bits per heavy atom. The summed E-state index contributed by atoms with van der Waals surface area (Å²) in [4.78, 5) is 0.